The van der Waals surface area contributed by atoms with Crippen LogP contribution in [0.5, 0.6) is 11.5 Å². The number of hydrazone groups is 1. The van der Waals surface area contributed by atoms with Gasteiger partial charge in [-0.05, 0) is 66.7 Å². The number of ether oxygens (including phenoxy) is 2. The van der Waals surface area contributed by atoms with Crippen LogP contribution in [0.3, 0.4) is 0 Å². The molecule has 0 fully saturated rings. The molecule has 0 atom stereocenters. The van der Waals surface area contributed by atoms with Crippen molar-refractivity contribution in [3.05, 3.63) is 125 Å². The van der Waals surface area contributed by atoms with Gasteiger partial charge in [-0.1, -0.05) is 36.4 Å². The molecule has 184 valence electrons. The van der Waals surface area contributed by atoms with Crippen LogP contribution >= 0.6 is 0 Å². The number of nitrogens with zero attached hydrogens (tertiary/aromatic N) is 1. The summed E-state index contributed by atoms with van der Waals surface area (Å²) in [5.74, 6) is -0.380. The molecule has 0 saturated carbocycles. The van der Waals surface area contributed by atoms with E-state index in [4.69, 9.17) is 9.47 Å². The fraction of sp³-hybridized carbons (Fsp3) is 0.0345. The molecule has 0 radical (unpaired) electrons. The lowest BCUT2D eigenvalue weighted by Crippen LogP contribution is -2.18. The van der Waals surface area contributed by atoms with E-state index >= 15 is 0 Å². The van der Waals surface area contributed by atoms with E-state index in [1.54, 1.807) is 104 Å². The number of carbonyl (C=O) groups is 3. The lowest BCUT2D eigenvalue weighted by atomic mass is 10.1. The smallest absolute Gasteiger partial charge is 0.343 e. The summed E-state index contributed by atoms with van der Waals surface area (Å²) < 4.78 is 10.6. The minimum atomic E-state index is -0.540. The number of esters is 1. The van der Waals surface area contributed by atoms with E-state index in [2.05, 4.69) is 15.8 Å². The normalized spacial score (nSPS) is 10.5. The standard InChI is InChI=1S/C29H23N3O5/c1-36-25-16-14-21(15-17-25)29(35)37-26-13-6-5-10-23(26)19-30-32-28(34)22-11-7-12-24(18-22)31-27(33)20-8-3-2-4-9-20/h2-19H,1H3,(H,31,33)(H,32,34). The number of carbonyl (C=O) groups excluding carboxylic acids is 3. The quantitative estimate of drug-likeness (QED) is 0.157. The molecule has 0 aliphatic rings. The van der Waals surface area contributed by atoms with E-state index in [-0.39, 0.29) is 11.7 Å². The first-order valence-corrected chi connectivity index (χ1v) is 11.3. The highest BCUT2D eigenvalue weighted by Crippen LogP contribution is 2.19. The van der Waals surface area contributed by atoms with Gasteiger partial charge in [-0.3, -0.25) is 9.59 Å². The largest absolute Gasteiger partial charge is 0.497 e. The van der Waals surface area contributed by atoms with Crippen LogP contribution in [0, 0.1) is 0 Å². The highest BCUT2D eigenvalue weighted by Gasteiger charge is 2.12. The topological polar surface area (TPSA) is 106 Å². The van der Waals surface area contributed by atoms with Crippen LogP contribution in [0.25, 0.3) is 0 Å². The lowest BCUT2D eigenvalue weighted by Gasteiger charge is -2.08. The van der Waals surface area contributed by atoms with Crippen LogP contribution in [0.4, 0.5) is 5.69 Å². The maximum Gasteiger partial charge on any atom is 0.343 e. The predicted molar refractivity (Wildman–Crippen MR) is 140 cm³/mol. The Morgan fingerprint density at radius 3 is 2.19 bits per heavy atom. The second-order valence-electron chi connectivity index (χ2n) is 7.76. The molecule has 0 aromatic heterocycles. The Balaban J connectivity index is 1.39. The summed E-state index contributed by atoms with van der Waals surface area (Å²) in [6.07, 6.45) is 1.38. The molecular formula is C29H23N3O5. The molecule has 0 unspecified atom stereocenters. The molecule has 4 aromatic rings. The maximum atomic E-state index is 12.6. The van der Waals surface area contributed by atoms with Crippen molar-refractivity contribution < 1.29 is 23.9 Å². The van der Waals surface area contributed by atoms with Crippen LogP contribution in [0.15, 0.2) is 108 Å². The van der Waals surface area contributed by atoms with Crippen molar-refractivity contribution in [1.82, 2.24) is 5.43 Å². The first-order valence-electron chi connectivity index (χ1n) is 11.3. The monoisotopic (exact) mass is 493 g/mol. The summed E-state index contributed by atoms with van der Waals surface area (Å²) in [4.78, 5) is 37.5. The van der Waals surface area contributed by atoms with Crippen molar-refractivity contribution in [2.75, 3.05) is 12.4 Å². The Morgan fingerprint density at radius 1 is 0.730 bits per heavy atom. The molecule has 2 amide bonds. The summed E-state index contributed by atoms with van der Waals surface area (Å²) in [5, 5.41) is 6.77. The van der Waals surface area contributed by atoms with E-state index in [0.29, 0.717) is 33.7 Å². The fourth-order valence-electron chi connectivity index (χ4n) is 3.32. The summed E-state index contributed by atoms with van der Waals surface area (Å²) in [6.45, 7) is 0. The lowest BCUT2D eigenvalue weighted by molar-refractivity contribution is 0.0734. The van der Waals surface area contributed by atoms with Crippen LogP contribution in [0.2, 0.25) is 0 Å². The average molecular weight is 494 g/mol. The molecule has 0 aliphatic carbocycles. The van der Waals surface area contributed by atoms with Crippen molar-refractivity contribution >= 4 is 29.7 Å². The molecule has 0 aliphatic heterocycles. The minimum absolute atomic E-state index is 0.281. The van der Waals surface area contributed by atoms with Gasteiger partial charge < -0.3 is 14.8 Å². The zero-order valence-electron chi connectivity index (χ0n) is 19.9. The number of amides is 2. The predicted octanol–water partition coefficient (Wildman–Crippen LogP) is 4.93. The van der Waals surface area contributed by atoms with Crippen molar-refractivity contribution in [2.24, 2.45) is 5.10 Å². The van der Waals surface area contributed by atoms with E-state index in [1.165, 1.54) is 6.21 Å². The molecule has 4 rings (SSSR count). The van der Waals surface area contributed by atoms with Crippen LogP contribution < -0.4 is 20.2 Å². The third kappa shape index (κ3) is 6.67. The molecule has 0 spiro atoms. The molecule has 8 heteroatoms. The van der Waals surface area contributed by atoms with Gasteiger partial charge in [0.2, 0.25) is 0 Å². The van der Waals surface area contributed by atoms with Gasteiger partial charge in [-0.15, -0.1) is 0 Å². The molecule has 0 bridgehead atoms. The van der Waals surface area contributed by atoms with Gasteiger partial charge in [-0.25, -0.2) is 10.2 Å². The minimum Gasteiger partial charge on any atom is -0.497 e. The molecule has 2 N–H and O–H groups in total. The maximum absolute atomic E-state index is 12.6. The number of hydrogen-bond donors (Lipinski definition) is 2. The van der Waals surface area contributed by atoms with Crippen LogP contribution in [-0.2, 0) is 0 Å². The highest BCUT2D eigenvalue weighted by atomic mass is 16.5. The number of nitrogens with one attached hydrogen (secondary N) is 2. The van der Waals surface area contributed by atoms with Gasteiger partial charge in [0.15, 0.2) is 0 Å². The number of rotatable bonds is 8. The van der Waals surface area contributed by atoms with Gasteiger partial charge in [0.05, 0.1) is 18.9 Å². The summed E-state index contributed by atoms with van der Waals surface area (Å²) >= 11 is 0. The fourth-order valence-corrected chi connectivity index (χ4v) is 3.32. The van der Waals surface area contributed by atoms with E-state index in [1.807, 2.05) is 6.07 Å². The van der Waals surface area contributed by atoms with E-state index < -0.39 is 11.9 Å². The van der Waals surface area contributed by atoms with Crippen molar-refractivity contribution in [2.45, 2.75) is 0 Å². The average Bonchev–Trinajstić information content (AvgIpc) is 2.94. The Labute approximate surface area is 213 Å². The van der Waals surface area contributed by atoms with Gasteiger partial charge in [0, 0.05) is 22.4 Å². The Kier molecular flexibility index (Phi) is 8.03. The third-order valence-electron chi connectivity index (χ3n) is 5.24. The van der Waals surface area contributed by atoms with Crippen molar-refractivity contribution in [3.8, 4) is 11.5 Å². The molecule has 37 heavy (non-hydrogen) atoms. The Morgan fingerprint density at radius 2 is 1.43 bits per heavy atom. The SMILES string of the molecule is COc1ccc(C(=O)Oc2ccccc2C=NNC(=O)c2cccc(NC(=O)c3ccccc3)c2)cc1. The number of para-hydroxylation sites is 1. The first-order chi connectivity index (χ1) is 18.0. The highest BCUT2D eigenvalue weighted by molar-refractivity contribution is 6.05. The van der Waals surface area contributed by atoms with Gasteiger partial charge in [0.25, 0.3) is 11.8 Å². The number of hydrogen-bond acceptors (Lipinski definition) is 6. The zero-order chi connectivity index (χ0) is 26.0. The Bertz CT molecular complexity index is 1430. The summed E-state index contributed by atoms with van der Waals surface area (Å²) in [7, 11) is 1.54. The number of methoxy groups -OCH3 is 1. The zero-order valence-corrected chi connectivity index (χ0v) is 19.9. The number of benzene rings is 4. The second-order valence-corrected chi connectivity index (χ2v) is 7.76. The Hall–Kier alpha value is -5.24. The number of anilines is 1. The third-order valence-corrected chi connectivity index (χ3v) is 5.24. The molecule has 0 saturated heterocycles. The van der Waals surface area contributed by atoms with Gasteiger partial charge >= 0.3 is 5.97 Å². The van der Waals surface area contributed by atoms with Crippen LogP contribution in [-0.4, -0.2) is 31.1 Å². The first kappa shape index (κ1) is 24.9. The van der Waals surface area contributed by atoms with Gasteiger partial charge in [0.1, 0.15) is 11.5 Å². The molecular weight excluding hydrogens is 470 g/mol. The van der Waals surface area contributed by atoms with Crippen LogP contribution in [0.1, 0.15) is 36.6 Å². The summed E-state index contributed by atoms with van der Waals surface area (Å²) in [5.41, 5.74) is 4.59. The molecule has 0 heterocycles. The van der Waals surface area contributed by atoms with Crippen molar-refractivity contribution in [3.63, 3.8) is 0 Å². The molecule has 8 nitrogen and oxygen atoms in total. The van der Waals surface area contributed by atoms with Crippen molar-refractivity contribution in [1.29, 1.82) is 0 Å². The molecule has 4 aromatic carbocycles. The second kappa shape index (κ2) is 11.9. The van der Waals surface area contributed by atoms with E-state index in [0.717, 1.165) is 0 Å². The van der Waals surface area contributed by atoms with Gasteiger partial charge in [-0.2, -0.15) is 5.10 Å². The summed E-state index contributed by atoms with van der Waals surface area (Å²) in [6, 6.07) is 28.6. The van der Waals surface area contributed by atoms with E-state index in [9.17, 15) is 14.4 Å².